The summed E-state index contributed by atoms with van der Waals surface area (Å²) >= 11 is 5.77. The summed E-state index contributed by atoms with van der Waals surface area (Å²) in [6.07, 6.45) is 7.17. The minimum Gasteiger partial charge on any atom is -0.351 e. The summed E-state index contributed by atoms with van der Waals surface area (Å²) in [5, 5.41) is 4.06. The third-order valence-corrected chi connectivity index (χ3v) is 6.46. The zero-order chi connectivity index (χ0) is 23.0. The zero-order valence-electron chi connectivity index (χ0n) is 18.5. The van der Waals surface area contributed by atoms with E-state index in [0.29, 0.717) is 16.8 Å². The molecular formula is C23H27N5O2S2. The smallest absolute Gasteiger partial charge is 0.229 e. The van der Waals surface area contributed by atoms with E-state index in [4.69, 9.17) is 12.2 Å². The number of sulfonamides is 1. The van der Waals surface area contributed by atoms with E-state index in [2.05, 4.69) is 56.8 Å². The van der Waals surface area contributed by atoms with Crippen molar-refractivity contribution in [1.29, 1.82) is 0 Å². The molecule has 2 aromatic heterocycles. The van der Waals surface area contributed by atoms with Crippen LogP contribution in [0.15, 0.2) is 61.1 Å². The molecule has 3 heterocycles. The Morgan fingerprint density at radius 3 is 2.56 bits per heavy atom. The Morgan fingerprint density at radius 2 is 1.97 bits per heavy atom. The number of hydrogen-bond acceptors (Lipinski definition) is 4. The predicted octanol–water partition coefficient (Wildman–Crippen LogP) is 4.32. The summed E-state index contributed by atoms with van der Waals surface area (Å²) in [6.45, 7) is 6.17. The van der Waals surface area contributed by atoms with Gasteiger partial charge in [-0.25, -0.2) is 8.42 Å². The Bertz CT molecular complexity index is 1240. The van der Waals surface area contributed by atoms with E-state index < -0.39 is 10.0 Å². The average molecular weight is 470 g/mol. The predicted molar refractivity (Wildman–Crippen MR) is 132 cm³/mol. The van der Waals surface area contributed by atoms with Crippen LogP contribution < -0.4 is 14.9 Å². The lowest BCUT2D eigenvalue weighted by Crippen LogP contribution is -2.29. The van der Waals surface area contributed by atoms with E-state index in [1.807, 2.05) is 37.3 Å². The normalized spacial score (nSPS) is 18.8. The van der Waals surface area contributed by atoms with Gasteiger partial charge < -0.3 is 14.8 Å². The second kappa shape index (κ2) is 8.55. The van der Waals surface area contributed by atoms with Crippen LogP contribution in [0.1, 0.15) is 48.8 Å². The molecule has 0 bridgehead atoms. The Kier molecular flexibility index (Phi) is 5.96. The van der Waals surface area contributed by atoms with Crippen LogP contribution >= 0.6 is 12.2 Å². The first-order valence-electron chi connectivity index (χ1n) is 10.4. The topological polar surface area (TPSA) is 79.3 Å². The van der Waals surface area contributed by atoms with E-state index >= 15 is 0 Å². The standard InChI is InChI=1S/C23H27N5O2S2/c1-15(2)27-12-10-17(14-27)22-21(20-7-5-6-11-24-20)25-23(31)28(22)18-8-9-19(16(3)13-18)26-32(4,29)30/h5-15,21-22,26H,1-4H3,(H,25,31)/t21-,22+/m1/s1. The molecule has 7 nitrogen and oxygen atoms in total. The fourth-order valence-electron chi connectivity index (χ4n) is 4.01. The maximum absolute atomic E-state index is 11.7. The summed E-state index contributed by atoms with van der Waals surface area (Å²) in [4.78, 5) is 6.67. The Labute approximate surface area is 194 Å². The van der Waals surface area contributed by atoms with Gasteiger partial charge in [0.15, 0.2) is 5.11 Å². The first kappa shape index (κ1) is 22.3. The van der Waals surface area contributed by atoms with Crippen LogP contribution in [0.2, 0.25) is 0 Å². The molecule has 2 N–H and O–H groups in total. The molecule has 3 aromatic rings. The summed E-state index contributed by atoms with van der Waals surface area (Å²) in [6, 6.07) is 13.7. The number of benzene rings is 1. The Morgan fingerprint density at radius 1 is 1.19 bits per heavy atom. The molecule has 1 aliphatic rings. The van der Waals surface area contributed by atoms with Crippen molar-refractivity contribution in [1.82, 2.24) is 14.9 Å². The molecule has 32 heavy (non-hydrogen) atoms. The van der Waals surface area contributed by atoms with Crippen LogP contribution in [0.25, 0.3) is 0 Å². The van der Waals surface area contributed by atoms with Gasteiger partial charge in [0.25, 0.3) is 0 Å². The van der Waals surface area contributed by atoms with Gasteiger partial charge in [-0.3, -0.25) is 9.71 Å². The third kappa shape index (κ3) is 4.49. The lowest BCUT2D eigenvalue weighted by atomic mass is 9.98. The van der Waals surface area contributed by atoms with Crippen LogP contribution in [0, 0.1) is 6.92 Å². The SMILES string of the molecule is Cc1cc(N2C(=S)N[C@H](c3ccccn3)[C@@H]2c2ccn(C(C)C)c2)ccc1NS(C)(=O)=O. The van der Waals surface area contributed by atoms with Gasteiger partial charge in [-0.15, -0.1) is 0 Å². The van der Waals surface area contributed by atoms with Gasteiger partial charge in [-0.05, 0) is 80.5 Å². The van der Waals surface area contributed by atoms with E-state index in [9.17, 15) is 8.42 Å². The first-order chi connectivity index (χ1) is 15.1. The molecule has 0 aliphatic carbocycles. The fourth-order valence-corrected chi connectivity index (χ4v) is 4.98. The van der Waals surface area contributed by atoms with Gasteiger partial charge in [0.05, 0.1) is 29.7 Å². The number of pyridine rings is 1. The number of rotatable bonds is 6. The molecule has 1 fully saturated rings. The molecule has 0 spiro atoms. The number of aryl methyl sites for hydroxylation is 1. The first-order valence-corrected chi connectivity index (χ1v) is 12.7. The second-order valence-corrected chi connectivity index (χ2v) is 10.5. The van der Waals surface area contributed by atoms with Gasteiger partial charge in [0, 0.05) is 30.3 Å². The van der Waals surface area contributed by atoms with Crippen molar-refractivity contribution in [3.05, 3.63) is 77.9 Å². The Balaban J connectivity index is 1.78. The van der Waals surface area contributed by atoms with Crippen LogP contribution in [0.5, 0.6) is 0 Å². The molecule has 1 saturated heterocycles. The lowest BCUT2D eigenvalue weighted by molar-refractivity contribution is 0.560. The van der Waals surface area contributed by atoms with Crippen molar-refractivity contribution in [2.75, 3.05) is 15.9 Å². The molecule has 1 aromatic carbocycles. The molecule has 1 aliphatic heterocycles. The van der Waals surface area contributed by atoms with Crippen LogP contribution in [0.3, 0.4) is 0 Å². The minimum atomic E-state index is -3.36. The highest BCUT2D eigenvalue weighted by atomic mass is 32.2. The number of aromatic nitrogens is 2. The maximum atomic E-state index is 11.7. The number of nitrogens with one attached hydrogen (secondary N) is 2. The number of hydrogen-bond donors (Lipinski definition) is 2. The summed E-state index contributed by atoms with van der Waals surface area (Å²) in [5.41, 5.74) is 4.29. The molecule has 0 radical (unpaired) electrons. The van der Waals surface area contributed by atoms with Crippen molar-refractivity contribution in [3.63, 3.8) is 0 Å². The zero-order valence-corrected chi connectivity index (χ0v) is 20.1. The quantitative estimate of drug-likeness (QED) is 0.524. The van der Waals surface area contributed by atoms with Gasteiger partial charge in [0.2, 0.25) is 10.0 Å². The van der Waals surface area contributed by atoms with E-state index in [1.54, 1.807) is 12.3 Å². The van der Waals surface area contributed by atoms with Crippen molar-refractivity contribution in [2.24, 2.45) is 0 Å². The van der Waals surface area contributed by atoms with Crippen molar-refractivity contribution in [3.8, 4) is 0 Å². The van der Waals surface area contributed by atoms with Gasteiger partial charge >= 0.3 is 0 Å². The van der Waals surface area contributed by atoms with Gasteiger partial charge in [-0.1, -0.05) is 6.07 Å². The molecule has 0 unspecified atom stereocenters. The molecule has 0 saturated carbocycles. The van der Waals surface area contributed by atoms with Crippen molar-refractivity contribution < 1.29 is 8.42 Å². The van der Waals surface area contributed by atoms with Crippen LogP contribution in [0.4, 0.5) is 11.4 Å². The molecule has 4 rings (SSSR count). The average Bonchev–Trinajstić information content (AvgIpc) is 3.34. The Hall–Kier alpha value is -2.91. The van der Waals surface area contributed by atoms with Crippen molar-refractivity contribution in [2.45, 2.75) is 38.9 Å². The minimum absolute atomic E-state index is 0.106. The lowest BCUT2D eigenvalue weighted by Gasteiger charge is -2.28. The highest BCUT2D eigenvalue weighted by molar-refractivity contribution is 7.92. The van der Waals surface area contributed by atoms with Crippen molar-refractivity contribution >= 4 is 38.7 Å². The van der Waals surface area contributed by atoms with Gasteiger partial charge in [-0.2, -0.15) is 0 Å². The second-order valence-electron chi connectivity index (χ2n) is 8.36. The highest BCUT2D eigenvalue weighted by Crippen LogP contribution is 2.42. The molecule has 168 valence electrons. The largest absolute Gasteiger partial charge is 0.351 e. The van der Waals surface area contributed by atoms with E-state index in [0.717, 1.165) is 28.8 Å². The molecule has 0 amide bonds. The van der Waals surface area contributed by atoms with Crippen LogP contribution in [-0.2, 0) is 10.0 Å². The summed E-state index contributed by atoms with van der Waals surface area (Å²) < 4.78 is 28.1. The van der Waals surface area contributed by atoms with E-state index in [-0.39, 0.29) is 12.1 Å². The van der Waals surface area contributed by atoms with E-state index in [1.165, 1.54) is 0 Å². The number of anilines is 2. The fraction of sp³-hybridized carbons (Fsp3) is 0.304. The van der Waals surface area contributed by atoms with Crippen LogP contribution in [-0.4, -0.2) is 29.3 Å². The summed E-state index contributed by atoms with van der Waals surface area (Å²) in [7, 11) is -3.36. The highest BCUT2D eigenvalue weighted by Gasteiger charge is 2.41. The summed E-state index contributed by atoms with van der Waals surface area (Å²) in [5.74, 6) is 0. The monoisotopic (exact) mass is 469 g/mol. The number of thiocarbonyl (C=S) groups is 1. The number of nitrogens with zero attached hydrogens (tertiary/aromatic N) is 3. The molecule has 2 atom stereocenters. The molecule has 9 heteroatoms. The third-order valence-electron chi connectivity index (χ3n) is 5.56. The van der Waals surface area contributed by atoms with Gasteiger partial charge in [0.1, 0.15) is 0 Å². The maximum Gasteiger partial charge on any atom is 0.229 e. The molecular weight excluding hydrogens is 442 g/mol.